The monoisotopic (exact) mass is 381 g/mol. The zero-order chi connectivity index (χ0) is 17.6. The highest BCUT2D eigenvalue weighted by Crippen LogP contribution is 2.34. The molecule has 132 valence electrons. The van der Waals surface area contributed by atoms with E-state index in [0.29, 0.717) is 11.6 Å². The van der Waals surface area contributed by atoms with Crippen molar-refractivity contribution in [2.24, 2.45) is 5.92 Å². The van der Waals surface area contributed by atoms with E-state index in [2.05, 4.69) is 10.3 Å². The summed E-state index contributed by atoms with van der Waals surface area (Å²) in [6.07, 6.45) is 2.26. The van der Waals surface area contributed by atoms with Crippen molar-refractivity contribution in [3.8, 4) is 0 Å². The summed E-state index contributed by atoms with van der Waals surface area (Å²) in [5.41, 5.74) is 0.802. The zero-order valence-electron chi connectivity index (χ0n) is 13.2. The molecule has 2 aromatic rings. The second-order valence-electron chi connectivity index (χ2n) is 6.17. The highest BCUT2D eigenvalue weighted by molar-refractivity contribution is 7.89. The van der Waals surface area contributed by atoms with Crippen molar-refractivity contribution < 1.29 is 17.6 Å². The quantitative estimate of drug-likeness (QED) is 0.882. The number of fused-ring (bicyclic) bond motifs is 1. The third-order valence-electron chi connectivity index (χ3n) is 4.33. The Balaban J connectivity index is 1.55. The topological polar surface area (TPSA) is 79.4 Å². The second-order valence-corrected chi connectivity index (χ2v) is 9.16. The highest BCUT2D eigenvalue weighted by Gasteiger charge is 2.33. The van der Waals surface area contributed by atoms with Crippen LogP contribution in [0.25, 0.3) is 0 Å². The summed E-state index contributed by atoms with van der Waals surface area (Å²) in [6, 6.07) is 5.37. The number of hydrogen-bond donors (Lipinski definition) is 1. The lowest BCUT2D eigenvalue weighted by atomic mass is 10.2. The molecule has 0 spiro atoms. The Morgan fingerprint density at radius 1 is 1.32 bits per heavy atom. The van der Waals surface area contributed by atoms with Gasteiger partial charge in [-0.2, -0.15) is 4.31 Å². The summed E-state index contributed by atoms with van der Waals surface area (Å²) in [5, 5.41) is 3.30. The van der Waals surface area contributed by atoms with E-state index < -0.39 is 15.8 Å². The van der Waals surface area contributed by atoms with Gasteiger partial charge in [-0.15, -0.1) is 11.3 Å². The molecule has 25 heavy (non-hydrogen) atoms. The molecule has 1 N–H and O–H groups in total. The maximum absolute atomic E-state index is 13.9. The van der Waals surface area contributed by atoms with Gasteiger partial charge in [0.15, 0.2) is 5.13 Å². The molecule has 1 aliphatic heterocycles. The van der Waals surface area contributed by atoms with Crippen molar-refractivity contribution in [2.75, 3.05) is 11.9 Å². The van der Waals surface area contributed by atoms with E-state index in [4.69, 9.17) is 0 Å². The lowest BCUT2D eigenvalue weighted by Gasteiger charge is -2.25. The first-order chi connectivity index (χ1) is 11.9. The van der Waals surface area contributed by atoms with Crippen molar-refractivity contribution in [1.29, 1.82) is 0 Å². The molecule has 9 heteroatoms. The molecule has 1 aromatic carbocycles. The van der Waals surface area contributed by atoms with E-state index in [-0.39, 0.29) is 29.8 Å². The largest absolute Gasteiger partial charge is 0.302 e. The summed E-state index contributed by atoms with van der Waals surface area (Å²) in [7, 11) is -3.90. The van der Waals surface area contributed by atoms with Gasteiger partial charge < -0.3 is 5.32 Å². The van der Waals surface area contributed by atoms with Crippen LogP contribution in [-0.4, -0.2) is 30.2 Å². The molecule has 1 amide bonds. The number of carbonyl (C=O) groups excluding carboxylic acids is 1. The van der Waals surface area contributed by atoms with Gasteiger partial charge in [0.2, 0.25) is 15.9 Å². The van der Waals surface area contributed by atoms with Crippen molar-refractivity contribution >= 4 is 32.4 Å². The summed E-state index contributed by atoms with van der Waals surface area (Å²) in [6.45, 7) is 0.381. The molecule has 1 fully saturated rings. The molecule has 2 aliphatic rings. The van der Waals surface area contributed by atoms with Gasteiger partial charge in [0.05, 0.1) is 12.2 Å². The molecule has 1 saturated carbocycles. The number of benzene rings is 1. The van der Waals surface area contributed by atoms with Gasteiger partial charge in [-0.05, 0) is 25.0 Å². The third-order valence-corrected chi connectivity index (χ3v) is 7.21. The van der Waals surface area contributed by atoms with Crippen LogP contribution in [0.4, 0.5) is 9.52 Å². The minimum Gasteiger partial charge on any atom is -0.302 e. The Kier molecular flexibility index (Phi) is 4.09. The maximum atomic E-state index is 13.9. The molecule has 0 bridgehead atoms. The van der Waals surface area contributed by atoms with Gasteiger partial charge >= 0.3 is 0 Å². The number of nitrogens with one attached hydrogen (secondary N) is 1. The lowest BCUT2D eigenvalue weighted by Crippen LogP contribution is -2.35. The number of nitrogens with zero attached hydrogens (tertiary/aromatic N) is 2. The number of halogens is 1. The molecule has 4 rings (SSSR count). The predicted octanol–water partition coefficient (Wildman–Crippen LogP) is 2.38. The van der Waals surface area contributed by atoms with E-state index >= 15 is 0 Å². The van der Waals surface area contributed by atoms with Crippen LogP contribution in [0.1, 0.15) is 23.4 Å². The average molecular weight is 381 g/mol. The fraction of sp³-hybridized carbons (Fsp3) is 0.375. The fourth-order valence-corrected chi connectivity index (χ4v) is 5.36. The number of anilines is 1. The summed E-state index contributed by atoms with van der Waals surface area (Å²) in [5.74, 6) is -0.698. The number of hydrogen-bond acceptors (Lipinski definition) is 5. The summed E-state index contributed by atoms with van der Waals surface area (Å²) >= 11 is 1.29. The van der Waals surface area contributed by atoms with Crippen molar-refractivity contribution in [1.82, 2.24) is 9.29 Å². The van der Waals surface area contributed by atoms with E-state index in [1.165, 1.54) is 33.8 Å². The molecular formula is C16H16FN3O3S2. The number of amides is 1. The van der Waals surface area contributed by atoms with Gasteiger partial charge in [0.1, 0.15) is 10.7 Å². The molecular weight excluding hydrogens is 365 g/mol. The van der Waals surface area contributed by atoms with Crippen molar-refractivity contribution in [2.45, 2.75) is 30.7 Å². The molecule has 0 radical (unpaired) electrons. The standard InChI is InChI=1S/C16H16FN3O3S2/c17-11-3-1-2-4-14(11)25(22,23)20-8-7-12-13(9-20)24-16(18-12)19-15(21)10-5-6-10/h1-4,10H,5-9H2,(H,18,19,21). The smallest absolute Gasteiger partial charge is 0.246 e. The van der Waals surface area contributed by atoms with Crippen LogP contribution in [0, 0.1) is 11.7 Å². The Labute approximate surface area is 148 Å². The van der Waals surface area contributed by atoms with E-state index in [9.17, 15) is 17.6 Å². The summed E-state index contributed by atoms with van der Waals surface area (Å²) < 4.78 is 40.6. The van der Waals surface area contributed by atoms with Gasteiger partial charge in [-0.1, -0.05) is 12.1 Å². The zero-order valence-corrected chi connectivity index (χ0v) is 14.9. The predicted molar refractivity (Wildman–Crippen MR) is 91.2 cm³/mol. The molecule has 0 saturated heterocycles. The first-order valence-corrected chi connectivity index (χ1v) is 10.2. The summed E-state index contributed by atoms with van der Waals surface area (Å²) in [4.78, 5) is 16.7. The van der Waals surface area contributed by atoms with E-state index in [1.807, 2.05) is 0 Å². The van der Waals surface area contributed by atoms with Crippen LogP contribution in [0.2, 0.25) is 0 Å². The average Bonchev–Trinajstić information content (AvgIpc) is 3.35. The normalized spacial score (nSPS) is 18.0. The highest BCUT2D eigenvalue weighted by atomic mass is 32.2. The van der Waals surface area contributed by atoms with Crippen LogP contribution < -0.4 is 5.32 Å². The Morgan fingerprint density at radius 2 is 2.08 bits per heavy atom. The maximum Gasteiger partial charge on any atom is 0.246 e. The van der Waals surface area contributed by atoms with Crippen LogP contribution >= 0.6 is 11.3 Å². The Morgan fingerprint density at radius 3 is 2.80 bits per heavy atom. The van der Waals surface area contributed by atoms with Crippen LogP contribution in [-0.2, 0) is 27.8 Å². The Hall–Kier alpha value is -1.84. The van der Waals surface area contributed by atoms with E-state index in [0.717, 1.165) is 29.5 Å². The van der Waals surface area contributed by atoms with E-state index in [1.54, 1.807) is 0 Å². The first-order valence-electron chi connectivity index (χ1n) is 7.99. The minimum absolute atomic E-state index is 0.0260. The molecule has 0 unspecified atom stereocenters. The fourth-order valence-electron chi connectivity index (χ4n) is 2.78. The van der Waals surface area contributed by atoms with Gasteiger partial charge in [0.25, 0.3) is 0 Å². The number of aromatic nitrogens is 1. The Bertz CT molecular complexity index is 938. The minimum atomic E-state index is -3.90. The van der Waals surface area contributed by atoms with Crippen molar-refractivity contribution in [3.05, 3.63) is 40.7 Å². The first kappa shape index (κ1) is 16.6. The second kappa shape index (κ2) is 6.15. The molecule has 1 aliphatic carbocycles. The molecule has 1 aromatic heterocycles. The van der Waals surface area contributed by atoms with Crippen LogP contribution in [0.5, 0.6) is 0 Å². The molecule has 6 nitrogen and oxygen atoms in total. The van der Waals surface area contributed by atoms with Gasteiger partial charge in [-0.25, -0.2) is 17.8 Å². The number of thiazole rings is 1. The van der Waals surface area contributed by atoms with Gasteiger partial charge in [-0.3, -0.25) is 4.79 Å². The lowest BCUT2D eigenvalue weighted by molar-refractivity contribution is -0.117. The van der Waals surface area contributed by atoms with Crippen LogP contribution in [0.15, 0.2) is 29.2 Å². The third kappa shape index (κ3) is 3.19. The van der Waals surface area contributed by atoms with Gasteiger partial charge in [0, 0.05) is 23.8 Å². The number of sulfonamides is 1. The number of rotatable bonds is 4. The molecule has 2 heterocycles. The molecule has 0 atom stereocenters. The number of carbonyl (C=O) groups is 1. The SMILES string of the molecule is O=C(Nc1nc2c(s1)CN(S(=O)(=O)c1ccccc1F)CC2)C1CC1. The van der Waals surface area contributed by atoms with Crippen LogP contribution in [0.3, 0.4) is 0 Å². The van der Waals surface area contributed by atoms with Crippen molar-refractivity contribution in [3.63, 3.8) is 0 Å².